The number of benzene rings is 1. The van der Waals surface area contributed by atoms with Crippen LogP contribution in [-0.4, -0.2) is 56.0 Å². The van der Waals surface area contributed by atoms with Crippen molar-refractivity contribution in [3.8, 4) is 0 Å². The summed E-state index contributed by atoms with van der Waals surface area (Å²) in [5.74, 6) is 0.0970. The fourth-order valence-electron chi connectivity index (χ4n) is 6.53. The number of nitrogens with zero attached hydrogens (tertiary/aromatic N) is 1. The highest BCUT2D eigenvalue weighted by Gasteiger charge is 2.60. The van der Waals surface area contributed by atoms with Crippen LogP contribution in [0.1, 0.15) is 33.1 Å². The first-order valence-electron chi connectivity index (χ1n) is 11.7. The molecule has 2 aliphatic carbocycles. The van der Waals surface area contributed by atoms with Crippen molar-refractivity contribution in [1.29, 1.82) is 0 Å². The Morgan fingerprint density at radius 2 is 1.97 bits per heavy atom. The quantitative estimate of drug-likeness (QED) is 0.587. The van der Waals surface area contributed by atoms with E-state index in [4.69, 9.17) is 4.74 Å². The van der Waals surface area contributed by atoms with Gasteiger partial charge in [-0.15, -0.1) is 0 Å². The molecule has 4 aliphatic rings. The molecule has 0 radical (unpaired) electrons. The Labute approximate surface area is 179 Å². The molecule has 2 saturated heterocycles. The van der Waals surface area contributed by atoms with Crippen LogP contribution < -0.4 is 9.80 Å². The highest BCUT2D eigenvalue weighted by atomic mass is 16.6. The maximum absolute atomic E-state index is 12.9. The second-order valence-electron chi connectivity index (χ2n) is 10.1. The lowest BCUT2D eigenvalue weighted by Gasteiger charge is -2.51. The van der Waals surface area contributed by atoms with Crippen LogP contribution in [0.4, 0.5) is 5.69 Å². The van der Waals surface area contributed by atoms with Gasteiger partial charge < -0.3 is 19.6 Å². The molecule has 0 bridgehead atoms. The van der Waals surface area contributed by atoms with Crippen molar-refractivity contribution in [2.24, 2.45) is 23.2 Å². The lowest BCUT2D eigenvalue weighted by Crippen LogP contribution is -3.15. The summed E-state index contributed by atoms with van der Waals surface area (Å²) in [7, 11) is 0. The number of fused-ring (bicyclic) bond motifs is 2. The zero-order chi connectivity index (χ0) is 20.9. The average Bonchev–Trinajstić information content (AvgIpc) is 3.07. The number of hydrogen-bond acceptors (Lipinski definition) is 4. The number of ether oxygens (including phenoxy) is 1. The van der Waals surface area contributed by atoms with Crippen LogP contribution in [0.25, 0.3) is 0 Å². The largest absolute Gasteiger partial charge is 0.461 e. The van der Waals surface area contributed by atoms with Gasteiger partial charge in [0.1, 0.15) is 12.0 Å². The molecule has 30 heavy (non-hydrogen) atoms. The summed E-state index contributed by atoms with van der Waals surface area (Å²) >= 11 is 0. The van der Waals surface area contributed by atoms with E-state index in [9.17, 15) is 9.90 Å². The number of para-hydroxylation sites is 1. The zero-order valence-corrected chi connectivity index (χ0v) is 18.2. The minimum atomic E-state index is -0.501. The first-order chi connectivity index (χ1) is 14.5. The van der Waals surface area contributed by atoms with Gasteiger partial charge in [-0.3, -0.25) is 4.79 Å². The monoisotopic (exact) mass is 411 g/mol. The van der Waals surface area contributed by atoms with E-state index in [2.05, 4.69) is 55.2 Å². The number of allylic oxidation sites excluding steroid dienone is 1. The van der Waals surface area contributed by atoms with Crippen LogP contribution in [0.15, 0.2) is 42.0 Å². The summed E-state index contributed by atoms with van der Waals surface area (Å²) in [5.41, 5.74) is 2.37. The summed E-state index contributed by atoms with van der Waals surface area (Å²) in [6, 6.07) is 10.6. The van der Waals surface area contributed by atoms with Crippen LogP contribution in [0, 0.1) is 23.2 Å². The summed E-state index contributed by atoms with van der Waals surface area (Å²) in [6.45, 7) is 9.30. The Balaban J connectivity index is 1.28. The number of aliphatic hydroxyl groups excluding tert-OH is 1. The molecule has 2 N–H and O–H groups in total. The first-order valence-corrected chi connectivity index (χ1v) is 11.7. The predicted octanol–water partition coefficient (Wildman–Crippen LogP) is 1.68. The smallest absolute Gasteiger partial charge is 0.315 e. The number of rotatable bonds is 3. The number of aliphatic hydroxyl groups is 1. The lowest BCUT2D eigenvalue weighted by molar-refractivity contribution is -0.903. The fraction of sp³-hybridized carbons (Fsp3) is 0.640. The molecular weight excluding hydrogens is 376 g/mol. The maximum Gasteiger partial charge on any atom is 0.315 e. The Morgan fingerprint density at radius 1 is 1.23 bits per heavy atom. The van der Waals surface area contributed by atoms with Gasteiger partial charge in [0.05, 0.1) is 38.8 Å². The summed E-state index contributed by atoms with van der Waals surface area (Å²) in [6.07, 6.45) is 4.65. The van der Waals surface area contributed by atoms with Crippen molar-refractivity contribution >= 4 is 11.7 Å². The molecule has 162 valence electrons. The van der Waals surface area contributed by atoms with Crippen LogP contribution in [0.2, 0.25) is 0 Å². The molecule has 2 heterocycles. The van der Waals surface area contributed by atoms with Gasteiger partial charge in [-0.1, -0.05) is 43.7 Å². The number of anilines is 1. The third-order valence-corrected chi connectivity index (χ3v) is 8.67. The van der Waals surface area contributed by atoms with Crippen molar-refractivity contribution in [3.63, 3.8) is 0 Å². The zero-order valence-electron chi connectivity index (χ0n) is 18.2. The Kier molecular flexibility index (Phi) is 5.14. The van der Waals surface area contributed by atoms with E-state index in [1.54, 1.807) is 0 Å². The van der Waals surface area contributed by atoms with Crippen molar-refractivity contribution in [3.05, 3.63) is 42.0 Å². The molecule has 6 atom stereocenters. The molecule has 1 saturated carbocycles. The average molecular weight is 412 g/mol. The number of quaternary nitrogens is 1. The van der Waals surface area contributed by atoms with Crippen molar-refractivity contribution < 1.29 is 19.5 Å². The van der Waals surface area contributed by atoms with E-state index in [0.29, 0.717) is 5.92 Å². The highest BCUT2D eigenvalue weighted by Crippen LogP contribution is 2.55. The van der Waals surface area contributed by atoms with Gasteiger partial charge >= 0.3 is 5.97 Å². The number of nitrogens with one attached hydrogen (secondary N) is 1. The summed E-state index contributed by atoms with van der Waals surface area (Å²) in [5, 5.41) is 11.5. The molecule has 0 aromatic heterocycles. The molecule has 5 nitrogen and oxygen atoms in total. The second kappa shape index (κ2) is 7.69. The van der Waals surface area contributed by atoms with E-state index >= 15 is 0 Å². The number of carbonyl (C=O) groups excluding carboxylic acids is 1. The van der Waals surface area contributed by atoms with Crippen LogP contribution >= 0.6 is 0 Å². The van der Waals surface area contributed by atoms with Crippen LogP contribution in [0.5, 0.6) is 0 Å². The van der Waals surface area contributed by atoms with Gasteiger partial charge in [0.15, 0.2) is 0 Å². The molecule has 5 rings (SSSR count). The highest BCUT2D eigenvalue weighted by molar-refractivity contribution is 5.76. The molecular formula is C25H35N2O3+. The van der Waals surface area contributed by atoms with Gasteiger partial charge in [0.2, 0.25) is 0 Å². The van der Waals surface area contributed by atoms with Crippen LogP contribution in [0.3, 0.4) is 0 Å². The summed E-state index contributed by atoms with van der Waals surface area (Å²) in [4.78, 5) is 16.7. The molecule has 3 fully saturated rings. The SMILES string of the molecule is C[C@@H]1CCC=C2C[C@H]3OC(=O)[C@H](C[NH+]4CCN(c5ccccc5)CC4)[C@H]3[C@@H](O)[C@@]21C. The number of hydrogen-bond donors (Lipinski definition) is 2. The second-order valence-corrected chi connectivity index (χ2v) is 10.1. The molecule has 2 aliphatic heterocycles. The van der Waals surface area contributed by atoms with Crippen molar-refractivity contribution in [2.45, 2.75) is 45.3 Å². The number of carbonyl (C=O) groups is 1. The standard InChI is InChI=1S/C25H34N2O3/c1-17-7-6-8-18-15-21-22(23(28)25(17,18)2)20(24(29)30-21)16-26-11-13-27(14-12-26)19-9-4-3-5-10-19/h3-5,8-10,17,20-23,28H,6-7,11-16H2,1-2H3/p+1/t17-,20-,21-,22-,23-,25-/m1/s1. The van der Waals surface area contributed by atoms with Gasteiger partial charge in [0, 0.05) is 23.4 Å². The lowest BCUT2D eigenvalue weighted by atomic mass is 9.55. The molecule has 0 unspecified atom stereocenters. The van der Waals surface area contributed by atoms with Gasteiger partial charge in [-0.05, 0) is 30.9 Å². The Morgan fingerprint density at radius 3 is 2.70 bits per heavy atom. The van der Waals surface area contributed by atoms with E-state index < -0.39 is 6.10 Å². The fourth-order valence-corrected chi connectivity index (χ4v) is 6.53. The third kappa shape index (κ3) is 3.18. The van der Waals surface area contributed by atoms with Gasteiger partial charge in [-0.25, -0.2) is 0 Å². The van der Waals surface area contributed by atoms with Gasteiger partial charge in [-0.2, -0.15) is 0 Å². The molecule has 5 heteroatoms. The Bertz CT molecular complexity index is 817. The molecule has 0 spiro atoms. The predicted molar refractivity (Wildman–Crippen MR) is 116 cm³/mol. The number of esters is 1. The van der Waals surface area contributed by atoms with E-state index in [1.165, 1.54) is 16.2 Å². The Hall–Kier alpha value is -1.85. The van der Waals surface area contributed by atoms with E-state index in [-0.39, 0.29) is 29.3 Å². The maximum atomic E-state index is 12.9. The first kappa shape index (κ1) is 20.1. The number of piperazine rings is 1. The van der Waals surface area contributed by atoms with E-state index in [0.717, 1.165) is 52.0 Å². The molecule has 0 amide bonds. The minimum Gasteiger partial charge on any atom is -0.461 e. The third-order valence-electron chi connectivity index (χ3n) is 8.67. The molecule has 1 aromatic carbocycles. The van der Waals surface area contributed by atoms with Crippen molar-refractivity contribution in [1.82, 2.24) is 0 Å². The van der Waals surface area contributed by atoms with Crippen molar-refractivity contribution in [2.75, 3.05) is 37.6 Å². The topological polar surface area (TPSA) is 54.2 Å². The summed E-state index contributed by atoms with van der Waals surface area (Å²) < 4.78 is 5.85. The molecule has 1 aromatic rings. The van der Waals surface area contributed by atoms with E-state index in [1.807, 2.05) is 0 Å². The van der Waals surface area contributed by atoms with Gasteiger partial charge in [0.25, 0.3) is 0 Å². The van der Waals surface area contributed by atoms with Crippen LogP contribution in [-0.2, 0) is 9.53 Å². The normalized spacial score (nSPS) is 39.2. The minimum absolute atomic E-state index is 0.0696.